The maximum atomic E-state index is 11.9. The van der Waals surface area contributed by atoms with Crippen LogP contribution in [0.1, 0.15) is 23.7 Å². The molecule has 1 aromatic heterocycles. The predicted octanol–water partition coefficient (Wildman–Crippen LogP) is 2.17. The van der Waals surface area contributed by atoms with Crippen molar-refractivity contribution in [1.29, 1.82) is 0 Å². The van der Waals surface area contributed by atoms with Crippen LogP contribution in [-0.4, -0.2) is 21.2 Å². The molecule has 3 N–H and O–H groups in total. The van der Waals surface area contributed by atoms with Crippen LogP contribution in [0.4, 0.5) is 5.82 Å². The van der Waals surface area contributed by atoms with Gasteiger partial charge in [-0.2, -0.15) is 5.10 Å². The first-order valence-electron chi connectivity index (χ1n) is 6.22. The molecule has 0 bridgehead atoms. The second-order valence-electron chi connectivity index (χ2n) is 4.38. The van der Waals surface area contributed by atoms with Gasteiger partial charge in [0, 0.05) is 16.8 Å². The number of nitrogens with one attached hydrogen (secondary N) is 2. The zero-order valence-corrected chi connectivity index (χ0v) is 11.0. The second kappa shape index (κ2) is 5.56. The Morgan fingerprint density at radius 2 is 2.16 bits per heavy atom. The molecule has 0 unspecified atom stereocenters. The summed E-state index contributed by atoms with van der Waals surface area (Å²) >= 11 is 0. The number of carbonyl (C=O) groups is 1. The molecule has 1 amide bonds. The van der Waals surface area contributed by atoms with Crippen LogP contribution in [0.25, 0.3) is 0 Å². The molecule has 0 aliphatic rings. The maximum Gasteiger partial charge on any atom is 0.230 e. The number of nitrogens with zero attached hydrogens (tertiary/aromatic N) is 1. The van der Waals surface area contributed by atoms with Crippen molar-refractivity contribution in [3.8, 4) is 5.75 Å². The lowest BCUT2D eigenvalue weighted by Gasteiger charge is -2.05. The summed E-state index contributed by atoms with van der Waals surface area (Å²) in [5.74, 6) is 0.488. The number of amides is 1. The summed E-state index contributed by atoms with van der Waals surface area (Å²) in [4.78, 5) is 11.9. The molecule has 2 rings (SSSR count). The van der Waals surface area contributed by atoms with Crippen molar-refractivity contribution in [3.63, 3.8) is 0 Å². The van der Waals surface area contributed by atoms with Crippen molar-refractivity contribution < 1.29 is 9.90 Å². The summed E-state index contributed by atoms with van der Waals surface area (Å²) < 4.78 is 0. The highest BCUT2D eigenvalue weighted by Crippen LogP contribution is 2.18. The molecule has 19 heavy (non-hydrogen) atoms. The standard InChI is InChI=1S/C14H17N3O2/c1-3-11-9(2)14(17-16-11)15-13(19)8-10-6-4-5-7-12(10)18/h4-7,18H,3,8H2,1-2H3,(H2,15,16,17,19). The van der Waals surface area contributed by atoms with Gasteiger partial charge < -0.3 is 10.4 Å². The minimum Gasteiger partial charge on any atom is -0.508 e. The maximum absolute atomic E-state index is 11.9. The number of para-hydroxylation sites is 1. The van der Waals surface area contributed by atoms with Crippen LogP contribution in [0.3, 0.4) is 0 Å². The fraction of sp³-hybridized carbons (Fsp3) is 0.286. The summed E-state index contributed by atoms with van der Waals surface area (Å²) in [6.07, 6.45) is 0.967. The second-order valence-corrected chi connectivity index (χ2v) is 4.38. The van der Waals surface area contributed by atoms with E-state index in [0.29, 0.717) is 11.4 Å². The quantitative estimate of drug-likeness (QED) is 0.787. The van der Waals surface area contributed by atoms with Gasteiger partial charge in [0.15, 0.2) is 5.82 Å². The van der Waals surface area contributed by atoms with E-state index in [4.69, 9.17) is 0 Å². The Bertz CT molecular complexity index is 590. The van der Waals surface area contributed by atoms with Crippen molar-refractivity contribution in [3.05, 3.63) is 41.1 Å². The molecule has 1 aromatic carbocycles. The number of benzene rings is 1. The van der Waals surface area contributed by atoms with Crippen LogP contribution in [0.15, 0.2) is 24.3 Å². The number of phenols is 1. The van der Waals surface area contributed by atoms with Crippen LogP contribution in [-0.2, 0) is 17.6 Å². The molecule has 0 aliphatic carbocycles. The van der Waals surface area contributed by atoms with Gasteiger partial charge in [-0.15, -0.1) is 0 Å². The van der Waals surface area contributed by atoms with Gasteiger partial charge in [-0.05, 0) is 19.4 Å². The van der Waals surface area contributed by atoms with E-state index in [1.807, 2.05) is 13.8 Å². The Labute approximate surface area is 111 Å². The normalized spacial score (nSPS) is 10.4. The van der Waals surface area contributed by atoms with E-state index < -0.39 is 0 Å². The van der Waals surface area contributed by atoms with Gasteiger partial charge in [-0.25, -0.2) is 0 Å². The molecular weight excluding hydrogens is 242 g/mol. The van der Waals surface area contributed by atoms with Crippen LogP contribution in [0.2, 0.25) is 0 Å². The highest BCUT2D eigenvalue weighted by atomic mass is 16.3. The Kier molecular flexibility index (Phi) is 3.85. The molecule has 5 heteroatoms. The number of aromatic amines is 1. The number of anilines is 1. The fourth-order valence-corrected chi connectivity index (χ4v) is 1.91. The molecule has 0 radical (unpaired) electrons. The van der Waals surface area contributed by atoms with Crippen molar-refractivity contribution in [1.82, 2.24) is 10.2 Å². The molecule has 5 nitrogen and oxygen atoms in total. The van der Waals surface area contributed by atoms with E-state index in [0.717, 1.165) is 17.7 Å². The van der Waals surface area contributed by atoms with Gasteiger partial charge in [0.2, 0.25) is 5.91 Å². The van der Waals surface area contributed by atoms with Gasteiger partial charge >= 0.3 is 0 Å². The van der Waals surface area contributed by atoms with Crippen molar-refractivity contribution in [2.75, 3.05) is 5.32 Å². The van der Waals surface area contributed by atoms with Crippen molar-refractivity contribution >= 4 is 11.7 Å². The molecular formula is C14H17N3O2. The highest BCUT2D eigenvalue weighted by Gasteiger charge is 2.12. The van der Waals surface area contributed by atoms with E-state index in [9.17, 15) is 9.90 Å². The van der Waals surface area contributed by atoms with Gasteiger partial charge in [-0.3, -0.25) is 9.89 Å². The Balaban J connectivity index is 2.06. The number of H-pyrrole nitrogens is 1. The first kappa shape index (κ1) is 13.1. The third-order valence-corrected chi connectivity index (χ3v) is 3.06. The number of carbonyl (C=O) groups excluding carboxylic acids is 1. The van der Waals surface area contributed by atoms with Crippen LogP contribution in [0, 0.1) is 6.92 Å². The van der Waals surface area contributed by atoms with Crippen LogP contribution >= 0.6 is 0 Å². The number of hydrogen-bond acceptors (Lipinski definition) is 3. The number of aromatic hydroxyl groups is 1. The summed E-state index contributed by atoms with van der Waals surface area (Å²) in [5, 5.41) is 19.3. The van der Waals surface area contributed by atoms with Gasteiger partial charge in [0.05, 0.1) is 6.42 Å². The Hall–Kier alpha value is -2.30. The summed E-state index contributed by atoms with van der Waals surface area (Å²) in [5.41, 5.74) is 2.56. The third kappa shape index (κ3) is 2.93. The number of aromatic nitrogens is 2. The average Bonchev–Trinajstić information content (AvgIpc) is 2.73. The molecule has 2 aromatic rings. The first-order valence-corrected chi connectivity index (χ1v) is 6.22. The van der Waals surface area contributed by atoms with E-state index in [1.165, 1.54) is 0 Å². The molecule has 0 atom stereocenters. The van der Waals surface area contributed by atoms with E-state index >= 15 is 0 Å². The zero-order chi connectivity index (χ0) is 13.8. The largest absolute Gasteiger partial charge is 0.508 e. The van der Waals surface area contributed by atoms with Crippen molar-refractivity contribution in [2.24, 2.45) is 0 Å². The van der Waals surface area contributed by atoms with Gasteiger partial charge in [-0.1, -0.05) is 25.1 Å². The topological polar surface area (TPSA) is 78.0 Å². The lowest BCUT2D eigenvalue weighted by molar-refractivity contribution is -0.115. The number of hydrogen-bond donors (Lipinski definition) is 3. The number of rotatable bonds is 4. The molecule has 0 fully saturated rings. The average molecular weight is 259 g/mol. The summed E-state index contributed by atoms with van der Waals surface area (Å²) in [7, 11) is 0. The minimum atomic E-state index is -0.196. The van der Waals surface area contributed by atoms with Gasteiger partial charge in [0.25, 0.3) is 0 Å². The smallest absolute Gasteiger partial charge is 0.230 e. The highest BCUT2D eigenvalue weighted by molar-refractivity contribution is 5.92. The molecule has 0 saturated heterocycles. The molecule has 0 aliphatic heterocycles. The SMILES string of the molecule is CCc1[nH]nc(NC(=O)Cc2ccccc2O)c1C. The van der Waals surface area contributed by atoms with E-state index in [1.54, 1.807) is 24.3 Å². The van der Waals surface area contributed by atoms with Crippen LogP contribution in [0.5, 0.6) is 5.75 Å². The zero-order valence-electron chi connectivity index (χ0n) is 11.0. The fourth-order valence-electron chi connectivity index (χ4n) is 1.91. The molecule has 1 heterocycles. The molecule has 0 spiro atoms. The first-order chi connectivity index (χ1) is 9.11. The molecule has 0 saturated carbocycles. The molecule has 100 valence electrons. The predicted molar refractivity (Wildman–Crippen MR) is 73.1 cm³/mol. The number of aryl methyl sites for hydroxylation is 1. The minimum absolute atomic E-state index is 0.125. The van der Waals surface area contributed by atoms with Crippen molar-refractivity contribution in [2.45, 2.75) is 26.7 Å². The van der Waals surface area contributed by atoms with Crippen LogP contribution < -0.4 is 5.32 Å². The van der Waals surface area contributed by atoms with E-state index in [2.05, 4.69) is 15.5 Å². The summed E-state index contributed by atoms with van der Waals surface area (Å²) in [6, 6.07) is 6.81. The lowest BCUT2D eigenvalue weighted by Crippen LogP contribution is -2.15. The van der Waals surface area contributed by atoms with Gasteiger partial charge in [0.1, 0.15) is 5.75 Å². The Morgan fingerprint density at radius 1 is 1.42 bits per heavy atom. The lowest BCUT2D eigenvalue weighted by atomic mass is 10.1. The third-order valence-electron chi connectivity index (χ3n) is 3.06. The number of phenolic OH excluding ortho intramolecular Hbond substituents is 1. The monoisotopic (exact) mass is 259 g/mol. The van der Waals surface area contributed by atoms with E-state index in [-0.39, 0.29) is 18.1 Å². The Morgan fingerprint density at radius 3 is 2.79 bits per heavy atom. The summed E-state index contributed by atoms with van der Waals surface area (Å²) in [6.45, 7) is 3.94.